The summed E-state index contributed by atoms with van der Waals surface area (Å²) in [6.45, 7) is 2.43. The van der Waals surface area contributed by atoms with Crippen molar-refractivity contribution in [2.75, 3.05) is 19.6 Å². The van der Waals surface area contributed by atoms with E-state index in [4.69, 9.17) is 0 Å². The second-order valence-electron chi connectivity index (χ2n) is 7.70. The number of fused-ring (bicyclic) bond motifs is 1. The Morgan fingerprint density at radius 2 is 2.17 bits per heavy atom. The van der Waals surface area contributed by atoms with Gasteiger partial charge in [0.05, 0.1) is 5.41 Å². The van der Waals surface area contributed by atoms with Crippen molar-refractivity contribution in [1.29, 1.82) is 0 Å². The molecule has 4 rings (SSSR count). The molecule has 2 aliphatic carbocycles. The third-order valence-electron chi connectivity index (χ3n) is 6.37. The van der Waals surface area contributed by atoms with Crippen molar-refractivity contribution in [2.45, 2.75) is 43.9 Å². The van der Waals surface area contributed by atoms with Crippen LogP contribution in [0.15, 0.2) is 24.3 Å². The van der Waals surface area contributed by atoms with Gasteiger partial charge in [0.25, 0.3) is 0 Å². The van der Waals surface area contributed by atoms with Gasteiger partial charge in [0, 0.05) is 18.5 Å². The fraction of sp³-hybridized carbons (Fsp3) is 0.632. The molecule has 3 fully saturated rings. The van der Waals surface area contributed by atoms with Crippen LogP contribution in [-0.4, -0.2) is 25.5 Å². The molecule has 0 aromatic heterocycles. The van der Waals surface area contributed by atoms with E-state index in [1.165, 1.54) is 12.5 Å². The Bertz CT molecular complexity index is 613. The summed E-state index contributed by atoms with van der Waals surface area (Å²) in [7, 11) is 0. The lowest BCUT2D eigenvalue weighted by Gasteiger charge is -2.37. The molecule has 2 atom stereocenters. The number of rotatable bonds is 4. The molecule has 1 aromatic carbocycles. The molecule has 1 heterocycles. The zero-order valence-electron chi connectivity index (χ0n) is 13.5. The van der Waals surface area contributed by atoms with Crippen LogP contribution >= 0.6 is 0 Å². The molecule has 3 nitrogen and oxygen atoms in total. The smallest absolute Gasteiger partial charge is 0.227 e. The van der Waals surface area contributed by atoms with E-state index in [2.05, 4.69) is 10.6 Å². The topological polar surface area (TPSA) is 41.1 Å². The van der Waals surface area contributed by atoms with Crippen LogP contribution in [0.4, 0.5) is 4.39 Å². The van der Waals surface area contributed by atoms with Crippen molar-refractivity contribution < 1.29 is 9.18 Å². The van der Waals surface area contributed by atoms with E-state index < -0.39 is 0 Å². The molecular formula is C19H25FN2O. The zero-order chi connectivity index (χ0) is 15.9. The first-order chi connectivity index (χ1) is 11.1. The van der Waals surface area contributed by atoms with Gasteiger partial charge >= 0.3 is 0 Å². The number of halogens is 1. The lowest BCUT2D eigenvalue weighted by atomic mass is 9.67. The molecular weight excluding hydrogens is 291 g/mol. The lowest BCUT2D eigenvalue weighted by Crippen LogP contribution is -2.49. The van der Waals surface area contributed by atoms with Crippen LogP contribution in [0.5, 0.6) is 0 Å². The van der Waals surface area contributed by atoms with Crippen molar-refractivity contribution in [3.05, 3.63) is 35.6 Å². The Balaban J connectivity index is 1.45. The molecule has 0 spiro atoms. The first-order valence-electron chi connectivity index (χ1n) is 8.90. The van der Waals surface area contributed by atoms with Crippen LogP contribution in [-0.2, 0) is 10.2 Å². The van der Waals surface area contributed by atoms with Crippen molar-refractivity contribution in [1.82, 2.24) is 10.6 Å². The van der Waals surface area contributed by atoms with E-state index in [1.54, 1.807) is 12.1 Å². The minimum absolute atomic E-state index is 0.0371. The maximum Gasteiger partial charge on any atom is 0.227 e. The molecule has 1 amide bonds. The molecule has 0 unspecified atom stereocenters. The summed E-state index contributed by atoms with van der Waals surface area (Å²) in [4.78, 5) is 12.9. The Morgan fingerprint density at radius 3 is 2.96 bits per heavy atom. The molecule has 23 heavy (non-hydrogen) atoms. The van der Waals surface area contributed by atoms with Gasteiger partial charge in [-0.1, -0.05) is 25.0 Å². The van der Waals surface area contributed by atoms with Crippen LogP contribution < -0.4 is 10.6 Å². The summed E-state index contributed by atoms with van der Waals surface area (Å²) in [5.74, 6) is 0.515. The van der Waals surface area contributed by atoms with Crippen LogP contribution in [0, 0.1) is 17.2 Å². The van der Waals surface area contributed by atoms with Crippen LogP contribution in [0.25, 0.3) is 0 Å². The number of hydrogen-bond donors (Lipinski definition) is 2. The molecule has 1 aliphatic heterocycles. The zero-order valence-corrected chi connectivity index (χ0v) is 13.5. The Labute approximate surface area is 137 Å². The fourth-order valence-corrected chi connectivity index (χ4v) is 4.65. The van der Waals surface area contributed by atoms with Gasteiger partial charge in [0.1, 0.15) is 5.82 Å². The molecule has 2 N–H and O–H groups in total. The predicted octanol–water partition coefficient (Wildman–Crippen LogP) is 2.75. The minimum Gasteiger partial charge on any atom is -0.355 e. The molecule has 2 saturated carbocycles. The molecule has 1 aromatic rings. The van der Waals surface area contributed by atoms with Crippen LogP contribution in [0.1, 0.15) is 44.1 Å². The lowest BCUT2D eigenvalue weighted by molar-refractivity contribution is -0.134. The summed E-state index contributed by atoms with van der Waals surface area (Å²) in [5.41, 5.74) is 0.793. The van der Waals surface area contributed by atoms with Gasteiger partial charge < -0.3 is 10.6 Å². The van der Waals surface area contributed by atoms with E-state index in [0.29, 0.717) is 12.5 Å². The third kappa shape index (κ3) is 2.57. The van der Waals surface area contributed by atoms with Gasteiger partial charge in [-0.15, -0.1) is 0 Å². The van der Waals surface area contributed by atoms with Crippen molar-refractivity contribution >= 4 is 5.91 Å². The Kier molecular flexibility index (Phi) is 3.67. The largest absolute Gasteiger partial charge is 0.355 e. The number of carbonyl (C=O) groups excluding carboxylic acids is 1. The minimum atomic E-state index is -0.198. The van der Waals surface area contributed by atoms with E-state index in [-0.39, 0.29) is 22.6 Å². The summed E-state index contributed by atoms with van der Waals surface area (Å²) >= 11 is 0. The monoisotopic (exact) mass is 316 g/mol. The highest BCUT2D eigenvalue weighted by Gasteiger charge is 2.51. The van der Waals surface area contributed by atoms with E-state index >= 15 is 0 Å². The van der Waals surface area contributed by atoms with Crippen molar-refractivity contribution in [2.24, 2.45) is 11.3 Å². The number of benzene rings is 1. The van der Waals surface area contributed by atoms with Gasteiger partial charge in [-0.3, -0.25) is 4.79 Å². The van der Waals surface area contributed by atoms with E-state index in [9.17, 15) is 9.18 Å². The summed E-state index contributed by atoms with van der Waals surface area (Å²) in [6, 6.07) is 6.86. The average molecular weight is 316 g/mol. The van der Waals surface area contributed by atoms with Gasteiger partial charge in [-0.25, -0.2) is 4.39 Å². The van der Waals surface area contributed by atoms with Crippen LogP contribution in [0.3, 0.4) is 0 Å². The summed E-state index contributed by atoms with van der Waals surface area (Å²) < 4.78 is 13.5. The summed E-state index contributed by atoms with van der Waals surface area (Å²) in [6.07, 6.45) is 6.63. The van der Waals surface area contributed by atoms with Crippen molar-refractivity contribution in [3.8, 4) is 0 Å². The van der Waals surface area contributed by atoms with E-state index in [0.717, 1.165) is 50.8 Å². The fourth-order valence-electron chi connectivity index (χ4n) is 4.65. The van der Waals surface area contributed by atoms with Gasteiger partial charge in [0.15, 0.2) is 0 Å². The molecule has 0 bridgehead atoms. The number of nitrogens with one attached hydrogen (secondary N) is 2. The Morgan fingerprint density at radius 1 is 1.30 bits per heavy atom. The predicted molar refractivity (Wildman–Crippen MR) is 87.6 cm³/mol. The van der Waals surface area contributed by atoms with E-state index in [1.807, 2.05) is 6.07 Å². The van der Waals surface area contributed by atoms with Crippen molar-refractivity contribution in [3.63, 3.8) is 0 Å². The number of hydrogen-bond acceptors (Lipinski definition) is 2. The first kappa shape index (κ1) is 15.1. The molecule has 3 aliphatic rings. The van der Waals surface area contributed by atoms with Crippen LogP contribution in [0.2, 0.25) is 0 Å². The van der Waals surface area contributed by atoms with Gasteiger partial charge in [-0.2, -0.15) is 0 Å². The third-order valence-corrected chi connectivity index (χ3v) is 6.37. The molecule has 4 heteroatoms. The maximum atomic E-state index is 13.5. The Hall–Kier alpha value is -1.42. The van der Waals surface area contributed by atoms with Gasteiger partial charge in [-0.05, 0) is 55.8 Å². The molecule has 124 valence electrons. The highest BCUT2D eigenvalue weighted by Crippen LogP contribution is 2.48. The molecule has 1 saturated heterocycles. The van der Waals surface area contributed by atoms with Gasteiger partial charge in [0.2, 0.25) is 5.91 Å². The SMILES string of the molecule is O=C(NCC1(c2cccc(F)c2)CC1)[C@@]12CCCC[C@H]1CNC2. The number of carbonyl (C=O) groups is 1. The average Bonchev–Trinajstić information content (AvgIpc) is 3.23. The highest BCUT2D eigenvalue weighted by molar-refractivity contribution is 5.84. The second-order valence-corrected chi connectivity index (χ2v) is 7.70. The maximum absolute atomic E-state index is 13.5. The normalized spacial score (nSPS) is 31.4. The first-order valence-corrected chi connectivity index (χ1v) is 8.90. The second kappa shape index (κ2) is 5.59. The summed E-state index contributed by atoms with van der Waals surface area (Å²) in [5, 5.41) is 6.66. The number of amides is 1. The standard InChI is InChI=1S/C19H25FN2O/c20-16-6-3-5-14(10-16)18(8-9-18)12-22-17(23)19-7-2-1-4-15(19)11-21-13-19/h3,5-6,10,15,21H,1-2,4,7-9,11-13H2,(H,22,23)/t15-,19+/m0/s1. The molecule has 0 radical (unpaired) electrons. The quantitative estimate of drug-likeness (QED) is 0.897. The highest BCUT2D eigenvalue weighted by atomic mass is 19.1.